The Morgan fingerprint density at radius 3 is 2.42 bits per heavy atom. The highest BCUT2D eigenvalue weighted by atomic mass is 35.5. The van der Waals surface area contributed by atoms with Gasteiger partial charge in [-0.15, -0.1) is 0 Å². The molecule has 8 rings (SSSR count). The second-order valence-electron chi connectivity index (χ2n) is 15.1. The van der Waals surface area contributed by atoms with Gasteiger partial charge in [-0.1, -0.05) is 17.7 Å². The molecule has 4 aromatic heterocycles. The standard InChI is InChI=1S/C40H39Cl2FN8O4/c1-23-33-35(46-37(42)45-23)51(28-13-17-47(18-14-28)39(54)55-40(2,3)4)38(53)50(33)27-11-8-24(9-12-27)36(52)48-19-15-29-30-6-5-16-44-34(30)49(32(29)22-48)21-25-7-10-26(41)20-31(25)43/h5-12,16,20,28H,13-15,17-19,21-22H2,1-4H3. The summed E-state index contributed by atoms with van der Waals surface area (Å²) in [6.07, 6.45) is 2.99. The number of pyridine rings is 1. The second kappa shape index (κ2) is 14.1. The van der Waals surface area contributed by atoms with Gasteiger partial charge in [-0.25, -0.2) is 23.9 Å². The molecule has 12 nitrogen and oxygen atoms in total. The van der Waals surface area contributed by atoms with Gasteiger partial charge in [0.25, 0.3) is 5.91 Å². The molecule has 1 fully saturated rings. The monoisotopic (exact) mass is 784 g/mol. The van der Waals surface area contributed by atoms with E-state index < -0.39 is 11.4 Å². The van der Waals surface area contributed by atoms with Crippen molar-refractivity contribution in [3.05, 3.63) is 115 Å². The van der Waals surface area contributed by atoms with Gasteiger partial charge in [-0.3, -0.25) is 13.9 Å². The van der Waals surface area contributed by atoms with Gasteiger partial charge in [-0.05, 0) is 113 Å². The lowest BCUT2D eigenvalue weighted by Crippen LogP contribution is -2.43. The van der Waals surface area contributed by atoms with Crippen LogP contribution in [-0.4, -0.2) is 75.7 Å². The number of aryl methyl sites for hydroxylation is 1. The number of hydrogen-bond donors (Lipinski definition) is 0. The summed E-state index contributed by atoms with van der Waals surface area (Å²) in [7, 11) is 0. The highest BCUT2D eigenvalue weighted by Gasteiger charge is 2.32. The van der Waals surface area contributed by atoms with Crippen LogP contribution in [0.2, 0.25) is 10.3 Å². The van der Waals surface area contributed by atoms with Gasteiger partial charge in [0.05, 0.1) is 24.5 Å². The zero-order valence-corrected chi connectivity index (χ0v) is 32.4. The summed E-state index contributed by atoms with van der Waals surface area (Å²) in [5.74, 6) is -0.573. The van der Waals surface area contributed by atoms with Crippen LogP contribution in [0.5, 0.6) is 0 Å². The van der Waals surface area contributed by atoms with Gasteiger partial charge in [0.15, 0.2) is 5.65 Å². The first kappa shape index (κ1) is 36.7. The van der Waals surface area contributed by atoms with Crippen LogP contribution in [0, 0.1) is 12.7 Å². The van der Waals surface area contributed by atoms with Crippen LogP contribution in [-0.2, 0) is 24.2 Å². The van der Waals surface area contributed by atoms with Crippen LogP contribution >= 0.6 is 23.2 Å². The van der Waals surface area contributed by atoms with E-state index in [2.05, 4.69) is 15.0 Å². The van der Waals surface area contributed by atoms with Crippen molar-refractivity contribution >= 4 is 57.4 Å². The molecule has 0 atom stereocenters. The van der Waals surface area contributed by atoms with E-state index in [1.165, 1.54) is 6.07 Å². The van der Waals surface area contributed by atoms with E-state index in [9.17, 15) is 18.8 Å². The maximum atomic E-state index is 15.0. The van der Waals surface area contributed by atoms with Gasteiger partial charge in [0, 0.05) is 59.1 Å². The molecule has 2 aromatic carbocycles. The molecule has 0 saturated carbocycles. The lowest BCUT2D eigenvalue weighted by Gasteiger charge is -2.33. The molecule has 0 radical (unpaired) electrons. The molecular weight excluding hydrogens is 746 g/mol. The number of fused-ring (bicyclic) bond motifs is 4. The lowest BCUT2D eigenvalue weighted by molar-refractivity contribution is 0.0188. The molecule has 0 spiro atoms. The van der Waals surface area contributed by atoms with Gasteiger partial charge >= 0.3 is 11.8 Å². The maximum absolute atomic E-state index is 15.0. The molecule has 2 amide bonds. The Hall–Kier alpha value is -5.27. The van der Waals surface area contributed by atoms with E-state index in [0.29, 0.717) is 84.1 Å². The SMILES string of the molecule is Cc1nc(Cl)nc2c1n(-c1ccc(C(=O)N3CCc4c(n(Cc5ccc(Cl)cc5F)c5ncccc45)C3)cc1)c(=O)n2C1CCN(C(=O)OC(C)(C)C)CC1. The Morgan fingerprint density at radius 1 is 0.964 bits per heavy atom. The molecule has 284 valence electrons. The van der Waals surface area contributed by atoms with Crippen molar-refractivity contribution in [2.75, 3.05) is 19.6 Å². The van der Waals surface area contributed by atoms with Crippen LogP contribution < -0.4 is 5.69 Å². The molecule has 0 bridgehead atoms. The Kier molecular flexibility index (Phi) is 9.41. The average Bonchev–Trinajstić information content (AvgIpc) is 3.62. The molecule has 0 aliphatic carbocycles. The number of rotatable bonds is 5. The smallest absolute Gasteiger partial charge is 0.410 e. The first-order chi connectivity index (χ1) is 26.3. The molecule has 0 unspecified atom stereocenters. The van der Waals surface area contributed by atoms with Crippen molar-refractivity contribution < 1.29 is 18.7 Å². The van der Waals surface area contributed by atoms with Crippen LogP contribution in [0.25, 0.3) is 27.9 Å². The van der Waals surface area contributed by atoms with Crippen LogP contribution in [0.3, 0.4) is 0 Å². The molecule has 0 N–H and O–H groups in total. The van der Waals surface area contributed by atoms with E-state index in [-0.39, 0.29) is 35.6 Å². The quantitative estimate of drug-likeness (QED) is 0.166. The number of carbonyl (C=O) groups is 2. The average molecular weight is 786 g/mol. The molecular formula is C40H39Cl2FN8O4. The predicted molar refractivity (Wildman–Crippen MR) is 208 cm³/mol. The zero-order valence-electron chi connectivity index (χ0n) is 30.9. The van der Waals surface area contributed by atoms with Crippen LogP contribution in [0.15, 0.2) is 65.6 Å². The van der Waals surface area contributed by atoms with Crippen molar-refractivity contribution in [1.82, 2.24) is 38.5 Å². The van der Waals surface area contributed by atoms with Gasteiger partial charge < -0.3 is 19.1 Å². The first-order valence-electron chi connectivity index (χ1n) is 18.2. The second-order valence-corrected chi connectivity index (χ2v) is 15.9. The number of piperidine rings is 1. The normalized spacial score (nSPS) is 15.2. The minimum Gasteiger partial charge on any atom is -0.444 e. The van der Waals surface area contributed by atoms with Gasteiger partial charge in [-0.2, -0.15) is 4.98 Å². The fourth-order valence-electron chi connectivity index (χ4n) is 7.80. The van der Waals surface area contributed by atoms with E-state index in [4.69, 9.17) is 27.9 Å². The van der Waals surface area contributed by atoms with E-state index >= 15 is 0 Å². The Bertz CT molecular complexity index is 2550. The van der Waals surface area contributed by atoms with E-state index in [1.807, 2.05) is 37.5 Å². The number of amides is 2. The molecule has 6 aromatic rings. The highest BCUT2D eigenvalue weighted by Crippen LogP contribution is 2.33. The number of imidazole rings is 1. The van der Waals surface area contributed by atoms with Crippen LogP contribution in [0.4, 0.5) is 9.18 Å². The Balaban J connectivity index is 1.07. The third kappa shape index (κ3) is 6.84. The summed E-state index contributed by atoms with van der Waals surface area (Å²) in [5, 5.41) is 1.34. The topological polar surface area (TPSA) is 120 Å². The predicted octanol–water partition coefficient (Wildman–Crippen LogP) is 7.51. The number of benzene rings is 2. The molecule has 1 saturated heterocycles. The molecule has 55 heavy (non-hydrogen) atoms. The number of likely N-dealkylation sites (tertiary alicyclic amines) is 1. The fourth-order valence-corrected chi connectivity index (χ4v) is 8.17. The molecule has 6 heterocycles. The zero-order chi connectivity index (χ0) is 38.8. The molecule has 2 aliphatic heterocycles. The fraction of sp³-hybridized carbons (Fsp3) is 0.350. The van der Waals surface area contributed by atoms with E-state index in [1.54, 1.807) is 68.5 Å². The van der Waals surface area contributed by atoms with Gasteiger partial charge in [0.2, 0.25) is 5.28 Å². The Morgan fingerprint density at radius 2 is 1.71 bits per heavy atom. The summed E-state index contributed by atoms with van der Waals surface area (Å²) >= 11 is 12.4. The van der Waals surface area contributed by atoms with Crippen LogP contribution in [0.1, 0.15) is 72.5 Å². The maximum Gasteiger partial charge on any atom is 0.410 e. The van der Waals surface area contributed by atoms with Crippen molar-refractivity contribution in [3.63, 3.8) is 0 Å². The van der Waals surface area contributed by atoms with Gasteiger partial charge in [0.1, 0.15) is 22.6 Å². The van der Waals surface area contributed by atoms with Crippen molar-refractivity contribution in [1.29, 1.82) is 0 Å². The summed E-state index contributed by atoms with van der Waals surface area (Å²) < 4.78 is 25.7. The van der Waals surface area contributed by atoms with Crippen molar-refractivity contribution in [2.45, 2.75) is 71.7 Å². The minimum atomic E-state index is -0.611. The third-order valence-corrected chi connectivity index (χ3v) is 10.8. The number of aromatic nitrogens is 6. The minimum absolute atomic E-state index is 0.0286. The van der Waals surface area contributed by atoms with Crippen molar-refractivity contribution in [2.24, 2.45) is 0 Å². The number of halogens is 3. The number of nitrogens with zero attached hydrogens (tertiary/aromatic N) is 8. The molecule has 2 aliphatic rings. The summed E-state index contributed by atoms with van der Waals surface area (Å²) in [6.45, 7) is 9.15. The number of hydrogen-bond acceptors (Lipinski definition) is 7. The largest absolute Gasteiger partial charge is 0.444 e. The summed E-state index contributed by atoms with van der Waals surface area (Å²) in [5.41, 5.74) is 4.75. The first-order valence-corrected chi connectivity index (χ1v) is 19.0. The summed E-state index contributed by atoms with van der Waals surface area (Å²) in [6, 6.07) is 15.2. The lowest BCUT2D eigenvalue weighted by atomic mass is 10.0. The van der Waals surface area contributed by atoms with E-state index in [0.717, 1.165) is 22.3 Å². The third-order valence-electron chi connectivity index (χ3n) is 10.4. The highest BCUT2D eigenvalue weighted by molar-refractivity contribution is 6.30. The number of ether oxygens (including phenoxy) is 1. The number of carbonyl (C=O) groups excluding carboxylic acids is 2. The summed E-state index contributed by atoms with van der Waals surface area (Å²) in [4.78, 5) is 58.0. The molecule has 15 heteroatoms. The Labute approximate surface area is 326 Å². The van der Waals surface area contributed by atoms with Crippen molar-refractivity contribution in [3.8, 4) is 5.69 Å².